The summed E-state index contributed by atoms with van der Waals surface area (Å²) in [6.45, 7) is 1.80. The van der Waals surface area contributed by atoms with E-state index in [-0.39, 0.29) is 11.8 Å². The summed E-state index contributed by atoms with van der Waals surface area (Å²) in [6, 6.07) is 11.9. The summed E-state index contributed by atoms with van der Waals surface area (Å²) in [4.78, 5) is 0. The predicted molar refractivity (Wildman–Crippen MR) is 78.2 cm³/mol. The van der Waals surface area contributed by atoms with Crippen molar-refractivity contribution in [2.24, 2.45) is 5.73 Å². The molecule has 94 valence electrons. The summed E-state index contributed by atoms with van der Waals surface area (Å²) in [5.41, 5.74) is 6.48. The molecule has 0 aliphatic carbocycles. The monoisotopic (exact) mass is 357 g/mol. The lowest BCUT2D eigenvalue weighted by atomic mass is 10.1. The van der Waals surface area contributed by atoms with Crippen molar-refractivity contribution in [2.75, 3.05) is 0 Å². The summed E-state index contributed by atoms with van der Waals surface area (Å²) in [6.07, 6.45) is 0. The molecule has 0 fully saturated rings. The minimum Gasteiger partial charge on any atom is -0.454 e. The Balaban J connectivity index is 2.39. The maximum Gasteiger partial charge on any atom is 0.167 e. The van der Waals surface area contributed by atoms with E-state index >= 15 is 0 Å². The van der Waals surface area contributed by atoms with Crippen LogP contribution in [0.1, 0.15) is 18.5 Å². The normalized spacial score (nSPS) is 12.2. The topological polar surface area (TPSA) is 35.2 Å². The molecule has 0 amide bonds. The third kappa shape index (κ3) is 3.00. The highest BCUT2D eigenvalue weighted by atomic mass is 127. The number of para-hydroxylation sites is 1. The van der Waals surface area contributed by atoms with Crippen LogP contribution in [0.15, 0.2) is 42.5 Å². The molecule has 0 radical (unpaired) electrons. The second-order valence-corrected chi connectivity index (χ2v) is 5.25. The molecule has 2 aromatic carbocycles. The molecule has 1 unspecified atom stereocenters. The SMILES string of the molecule is CC(N)c1cccc(F)c1Oc1cccc(I)c1. The first kappa shape index (κ1) is 13.3. The van der Waals surface area contributed by atoms with E-state index in [0.29, 0.717) is 11.3 Å². The first-order valence-electron chi connectivity index (χ1n) is 5.55. The van der Waals surface area contributed by atoms with Crippen LogP contribution in [0.5, 0.6) is 11.5 Å². The van der Waals surface area contributed by atoms with Crippen molar-refractivity contribution in [1.82, 2.24) is 0 Å². The van der Waals surface area contributed by atoms with Crippen molar-refractivity contribution in [2.45, 2.75) is 13.0 Å². The lowest BCUT2D eigenvalue weighted by Gasteiger charge is -2.14. The van der Waals surface area contributed by atoms with Crippen LogP contribution in [0.4, 0.5) is 4.39 Å². The Labute approximate surface area is 119 Å². The van der Waals surface area contributed by atoms with Crippen LogP contribution in [-0.2, 0) is 0 Å². The minimum absolute atomic E-state index is 0.203. The number of ether oxygens (including phenoxy) is 1. The van der Waals surface area contributed by atoms with Crippen LogP contribution in [0, 0.1) is 9.39 Å². The summed E-state index contributed by atoms with van der Waals surface area (Å²) in [5.74, 6) is 0.409. The van der Waals surface area contributed by atoms with Crippen LogP contribution in [-0.4, -0.2) is 0 Å². The molecule has 0 spiro atoms. The Hall–Kier alpha value is -1.14. The van der Waals surface area contributed by atoms with Gasteiger partial charge in [0.1, 0.15) is 5.75 Å². The zero-order valence-electron chi connectivity index (χ0n) is 9.86. The standard InChI is InChI=1S/C14H13FINO/c1-9(17)12-6-3-7-13(15)14(12)18-11-5-2-4-10(16)8-11/h2-9H,17H2,1H3. The van der Waals surface area contributed by atoms with E-state index in [9.17, 15) is 4.39 Å². The zero-order valence-corrected chi connectivity index (χ0v) is 12.0. The molecular weight excluding hydrogens is 344 g/mol. The van der Waals surface area contributed by atoms with Gasteiger partial charge in [-0.2, -0.15) is 0 Å². The van der Waals surface area contributed by atoms with E-state index in [4.69, 9.17) is 10.5 Å². The number of hydrogen-bond donors (Lipinski definition) is 1. The molecular formula is C14H13FINO. The molecule has 0 aliphatic rings. The van der Waals surface area contributed by atoms with Crippen LogP contribution in [0.2, 0.25) is 0 Å². The van der Waals surface area contributed by atoms with Gasteiger partial charge in [0, 0.05) is 15.2 Å². The number of halogens is 2. The van der Waals surface area contributed by atoms with E-state index in [0.717, 1.165) is 3.57 Å². The third-order valence-corrected chi connectivity index (χ3v) is 3.17. The van der Waals surface area contributed by atoms with Crippen molar-refractivity contribution < 1.29 is 9.13 Å². The van der Waals surface area contributed by atoms with Gasteiger partial charge in [-0.05, 0) is 53.8 Å². The van der Waals surface area contributed by atoms with Crippen molar-refractivity contribution in [3.63, 3.8) is 0 Å². The molecule has 2 N–H and O–H groups in total. The van der Waals surface area contributed by atoms with E-state index in [1.165, 1.54) is 6.07 Å². The van der Waals surface area contributed by atoms with Gasteiger partial charge in [-0.25, -0.2) is 4.39 Å². The zero-order chi connectivity index (χ0) is 13.1. The van der Waals surface area contributed by atoms with Gasteiger partial charge in [0.15, 0.2) is 11.6 Å². The molecule has 0 saturated heterocycles. The number of nitrogens with two attached hydrogens (primary N) is 1. The highest BCUT2D eigenvalue weighted by Crippen LogP contribution is 2.31. The van der Waals surface area contributed by atoms with E-state index < -0.39 is 5.82 Å². The molecule has 0 heterocycles. The molecule has 0 bridgehead atoms. The summed E-state index contributed by atoms with van der Waals surface area (Å²) < 4.78 is 20.5. The average molecular weight is 357 g/mol. The number of benzene rings is 2. The summed E-state index contributed by atoms with van der Waals surface area (Å²) in [5, 5.41) is 0. The van der Waals surface area contributed by atoms with Crippen LogP contribution in [0.25, 0.3) is 0 Å². The van der Waals surface area contributed by atoms with Gasteiger partial charge in [0.05, 0.1) is 0 Å². The lowest BCUT2D eigenvalue weighted by Crippen LogP contribution is -2.07. The second kappa shape index (κ2) is 5.67. The van der Waals surface area contributed by atoms with Crippen molar-refractivity contribution in [3.8, 4) is 11.5 Å². The van der Waals surface area contributed by atoms with Gasteiger partial charge in [-0.15, -0.1) is 0 Å². The van der Waals surface area contributed by atoms with E-state index in [1.54, 1.807) is 25.1 Å². The average Bonchev–Trinajstić information content (AvgIpc) is 2.31. The predicted octanol–water partition coefficient (Wildman–Crippen LogP) is 4.24. The highest BCUT2D eigenvalue weighted by molar-refractivity contribution is 14.1. The van der Waals surface area contributed by atoms with Crippen LogP contribution >= 0.6 is 22.6 Å². The third-order valence-electron chi connectivity index (χ3n) is 2.50. The fourth-order valence-electron chi connectivity index (χ4n) is 1.64. The van der Waals surface area contributed by atoms with Gasteiger partial charge < -0.3 is 10.5 Å². The largest absolute Gasteiger partial charge is 0.454 e. The Morgan fingerprint density at radius 1 is 1.22 bits per heavy atom. The molecule has 2 aromatic rings. The fraction of sp³-hybridized carbons (Fsp3) is 0.143. The highest BCUT2D eigenvalue weighted by Gasteiger charge is 2.13. The van der Waals surface area contributed by atoms with Crippen molar-refractivity contribution in [1.29, 1.82) is 0 Å². The van der Waals surface area contributed by atoms with Crippen LogP contribution in [0.3, 0.4) is 0 Å². The fourth-order valence-corrected chi connectivity index (χ4v) is 2.15. The van der Waals surface area contributed by atoms with Gasteiger partial charge in [-0.1, -0.05) is 18.2 Å². The molecule has 0 aromatic heterocycles. The van der Waals surface area contributed by atoms with E-state index in [1.807, 2.05) is 18.2 Å². The van der Waals surface area contributed by atoms with Crippen molar-refractivity contribution in [3.05, 3.63) is 57.4 Å². The Morgan fingerprint density at radius 3 is 2.61 bits per heavy atom. The second-order valence-electron chi connectivity index (χ2n) is 4.01. The van der Waals surface area contributed by atoms with Crippen LogP contribution < -0.4 is 10.5 Å². The molecule has 4 heteroatoms. The van der Waals surface area contributed by atoms with Gasteiger partial charge in [0.25, 0.3) is 0 Å². The molecule has 2 rings (SSSR count). The van der Waals surface area contributed by atoms with Gasteiger partial charge >= 0.3 is 0 Å². The molecule has 0 saturated carbocycles. The number of rotatable bonds is 3. The maximum atomic E-state index is 13.8. The Bertz CT molecular complexity index is 557. The Morgan fingerprint density at radius 2 is 1.94 bits per heavy atom. The quantitative estimate of drug-likeness (QED) is 0.834. The first-order valence-corrected chi connectivity index (χ1v) is 6.63. The maximum absolute atomic E-state index is 13.8. The lowest BCUT2D eigenvalue weighted by molar-refractivity contribution is 0.432. The van der Waals surface area contributed by atoms with Gasteiger partial charge in [0.2, 0.25) is 0 Å². The number of hydrogen-bond acceptors (Lipinski definition) is 2. The molecule has 18 heavy (non-hydrogen) atoms. The minimum atomic E-state index is -0.399. The Kier molecular flexibility index (Phi) is 4.19. The molecule has 1 atom stereocenters. The smallest absolute Gasteiger partial charge is 0.167 e. The van der Waals surface area contributed by atoms with Crippen molar-refractivity contribution >= 4 is 22.6 Å². The molecule has 0 aliphatic heterocycles. The van der Waals surface area contributed by atoms with Gasteiger partial charge in [-0.3, -0.25) is 0 Å². The molecule has 2 nitrogen and oxygen atoms in total. The summed E-state index contributed by atoms with van der Waals surface area (Å²) in [7, 11) is 0. The first-order chi connectivity index (χ1) is 8.58. The van der Waals surface area contributed by atoms with E-state index in [2.05, 4.69) is 22.6 Å². The summed E-state index contributed by atoms with van der Waals surface area (Å²) >= 11 is 2.18.